The first kappa shape index (κ1) is 18.7. The number of aromatic hydroxyl groups is 1. The molecule has 3 aromatic carbocycles. The Morgan fingerprint density at radius 2 is 1.74 bits per heavy atom. The molecule has 0 aromatic heterocycles. The molecule has 27 heavy (non-hydrogen) atoms. The number of benzene rings is 3. The maximum atomic E-state index is 12.6. The molecule has 2 N–H and O–H groups in total. The molecule has 0 saturated heterocycles. The van der Waals surface area contributed by atoms with E-state index >= 15 is 0 Å². The van der Waals surface area contributed by atoms with Crippen LogP contribution in [0.25, 0.3) is 11.1 Å². The predicted octanol–water partition coefficient (Wildman–Crippen LogP) is 5.53. The van der Waals surface area contributed by atoms with Gasteiger partial charge in [0, 0.05) is 22.7 Å². The molecule has 3 aromatic rings. The molecular formula is C19H12Cl2N2O4. The molecule has 0 heterocycles. The summed E-state index contributed by atoms with van der Waals surface area (Å²) in [5.74, 6) is -0.885. The van der Waals surface area contributed by atoms with Gasteiger partial charge in [-0.1, -0.05) is 53.5 Å². The SMILES string of the molecule is O=C(Nc1ccc([N+](=O)[O-])cc1Cl)c1cc(Cl)cc(-c2ccccc2)c1O. The van der Waals surface area contributed by atoms with Crippen LogP contribution in [0.15, 0.2) is 60.7 Å². The Labute approximate surface area is 164 Å². The molecule has 0 saturated carbocycles. The maximum absolute atomic E-state index is 12.6. The molecule has 0 bridgehead atoms. The van der Waals surface area contributed by atoms with Gasteiger partial charge in [0.25, 0.3) is 11.6 Å². The molecule has 0 aliphatic carbocycles. The number of nitro benzene ring substituents is 1. The van der Waals surface area contributed by atoms with Crippen molar-refractivity contribution >= 4 is 40.5 Å². The fraction of sp³-hybridized carbons (Fsp3) is 0. The summed E-state index contributed by atoms with van der Waals surface area (Å²) in [4.78, 5) is 22.8. The van der Waals surface area contributed by atoms with Gasteiger partial charge in [0.05, 0.1) is 21.2 Å². The van der Waals surface area contributed by atoms with Crippen molar-refractivity contribution in [3.05, 3.63) is 86.4 Å². The quantitative estimate of drug-likeness (QED) is 0.443. The number of phenols is 1. The van der Waals surface area contributed by atoms with Gasteiger partial charge in [-0.15, -0.1) is 0 Å². The second-order valence-electron chi connectivity index (χ2n) is 5.59. The number of phenolic OH excluding ortho intramolecular Hbond substituents is 1. The normalized spacial score (nSPS) is 10.4. The maximum Gasteiger partial charge on any atom is 0.271 e. The summed E-state index contributed by atoms with van der Waals surface area (Å²) in [5.41, 5.74) is 1.03. The topological polar surface area (TPSA) is 92.5 Å². The Bertz CT molecular complexity index is 1040. The summed E-state index contributed by atoms with van der Waals surface area (Å²) >= 11 is 12.1. The Morgan fingerprint density at radius 1 is 1.04 bits per heavy atom. The van der Waals surface area contributed by atoms with Gasteiger partial charge in [-0.25, -0.2) is 0 Å². The van der Waals surface area contributed by atoms with Gasteiger partial charge in [0.2, 0.25) is 0 Å². The number of halogens is 2. The Kier molecular flexibility index (Phi) is 5.30. The Hall–Kier alpha value is -3.09. The smallest absolute Gasteiger partial charge is 0.271 e. The molecule has 6 nitrogen and oxygen atoms in total. The number of rotatable bonds is 4. The van der Waals surface area contributed by atoms with Crippen LogP contribution in [0.3, 0.4) is 0 Å². The number of anilines is 1. The number of nitrogens with zero attached hydrogens (tertiary/aromatic N) is 1. The lowest BCUT2D eigenvalue weighted by Crippen LogP contribution is -2.13. The molecule has 136 valence electrons. The lowest BCUT2D eigenvalue weighted by atomic mass is 10.0. The molecule has 0 radical (unpaired) electrons. The molecule has 0 aliphatic heterocycles. The van der Waals surface area contributed by atoms with E-state index in [4.69, 9.17) is 23.2 Å². The van der Waals surface area contributed by atoms with Crippen molar-refractivity contribution < 1.29 is 14.8 Å². The van der Waals surface area contributed by atoms with Crippen LogP contribution in [0.1, 0.15) is 10.4 Å². The summed E-state index contributed by atoms with van der Waals surface area (Å²) in [6.07, 6.45) is 0. The van der Waals surface area contributed by atoms with E-state index in [0.717, 1.165) is 6.07 Å². The van der Waals surface area contributed by atoms with Crippen molar-refractivity contribution in [1.82, 2.24) is 0 Å². The zero-order chi connectivity index (χ0) is 19.6. The van der Waals surface area contributed by atoms with Crippen LogP contribution in [0.2, 0.25) is 10.0 Å². The van der Waals surface area contributed by atoms with E-state index in [1.807, 2.05) is 6.07 Å². The number of carbonyl (C=O) groups is 1. The highest BCUT2D eigenvalue weighted by Crippen LogP contribution is 2.36. The largest absolute Gasteiger partial charge is 0.506 e. The molecule has 0 unspecified atom stereocenters. The van der Waals surface area contributed by atoms with Gasteiger partial charge in [0.1, 0.15) is 5.75 Å². The number of nitrogens with one attached hydrogen (secondary N) is 1. The van der Waals surface area contributed by atoms with Gasteiger partial charge >= 0.3 is 0 Å². The summed E-state index contributed by atoms with van der Waals surface area (Å²) in [6, 6.07) is 15.5. The van der Waals surface area contributed by atoms with Gasteiger partial charge in [-0.3, -0.25) is 14.9 Å². The molecule has 0 atom stereocenters. The second-order valence-corrected chi connectivity index (χ2v) is 6.43. The third kappa shape index (κ3) is 4.02. The number of hydrogen-bond acceptors (Lipinski definition) is 4. The van der Waals surface area contributed by atoms with E-state index in [-0.39, 0.29) is 32.7 Å². The highest BCUT2D eigenvalue weighted by Gasteiger charge is 2.19. The van der Waals surface area contributed by atoms with Crippen molar-refractivity contribution in [2.45, 2.75) is 0 Å². The van der Waals surface area contributed by atoms with Crippen LogP contribution >= 0.6 is 23.2 Å². The molecule has 0 fully saturated rings. The molecule has 0 aliphatic rings. The monoisotopic (exact) mass is 402 g/mol. The first-order chi connectivity index (χ1) is 12.9. The van der Waals surface area contributed by atoms with Gasteiger partial charge < -0.3 is 10.4 Å². The third-order valence-corrected chi connectivity index (χ3v) is 4.35. The van der Waals surface area contributed by atoms with Crippen molar-refractivity contribution in [2.24, 2.45) is 0 Å². The third-order valence-electron chi connectivity index (χ3n) is 3.82. The highest BCUT2D eigenvalue weighted by atomic mass is 35.5. The first-order valence-corrected chi connectivity index (χ1v) is 8.45. The van der Waals surface area contributed by atoms with Gasteiger partial charge in [-0.2, -0.15) is 0 Å². The van der Waals surface area contributed by atoms with Crippen molar-refractivity contribution in [2.75, 3.05) is 5.32 Å². The predicted molar refractivity (Wildman–Crippen MR) is 105 cm³/mol. The molecular weight excluding hydrogens is 391 g/mol. The van der Waals surface area contributed by atoms with Crippen LogP contribution in [0, 0.1) is 10.1 Å². The second kappa shape index (κ2) is 7.65. The summed E-state index contributed by atoms with van der Waals surface area (Å²) in [6.45, 7) is 0. The number of non-ortho nitro benzene ring substituents is 1. The molecule has 0 spiro atoms. The number of amides is 1. The average Bonchev–Trinajstić information content (AvgIpc) is 2.65. The number of nitro groups is 1. The summed E-state index contributed by atoms with van der Waals surface area (Å²) in [5, 5.41) is 24.1. The highest BCUT2D eigenvalue weighted by molar-refractivity contribution is 6.34. The fourth-order valence-corrected chi connectivity index (χ4v) is 2.96. The van der Waals surface area contributed by atoms with E-state index in [2.05, 4.69) is 5.32 Å². The van der Waals surface area contributed by atoms with Gasteiger partial charge in [-0.05, 0) is 23.8 Å². The zero-order valence-corrected chi connectivity index (χ0v) is 15.2. The van der Waals surface area contributed by atoms with Crippen LogP contribution < -0.4 is 5.32 Å². The van der Waals surface area contributed by atoms with E-state index in [9.17, 15) is 20.0 Å². The minimum atomic E-state index is -0.650. The number of carbonyl (C=O) groups excluding carboxylic acids is 1. The van der Waals surface area contributed by atoms with Crippen LogP contribution in [-0.2, 0) is 0 Å². The standard InChI is InChI=1S/C19H12Cl2N2O4/c20-12-8-14(11-4-2-1-3-5-11)18(24)15(9-12)19(25)22-17-7-6-13(23(26)27)10-16(17)21/h1-10,24H,(H,22,25). The molecule has 1 amide bonds. The fourth-order valence-electron chi connectivity index (χ4n) is 2.52. The van der Waals surface area contributed by atoms with Crippen LogP contribution in [0.4, 0.5) is 11.4 Å². The van der Waals surface area contributed by atoms with Gasteiger partial charge in [0.15, 0.2) is 0 Å². The molecule has 3 rings (SSSR count). The minimum absolute atomic E-state index is 0.00218. The minimum Gasteiger partial charge on any atom is -0.506 e. The van der Waals surface area contributed by atoms with E-state index in [1.54, 1.807) is 30.3 Å². The summed E-state index contributed by atoms with van der Waals surface area (Å²) in [7, 11) is 0. The van der Waals surface area contributed by atoms with E-state index in [0.29, 0.717) is 11.1 Å². The van der Waals surface area contributed by atoms with Crippen LogP contribution in [-0.4, -0.2) is 15.9 Å². The Balaban J connectivity index is 1.96. The van der Waals surface area contributed by atoms with Crippen molar-refractivity contribution in [3.8, 4) is 16.9 Å². The Morgan fingerprint density at radius 3 is 2.37 bits per heavy atom. The first-order valence-electron chi connectivity index (χ1n) is 7.70. The zero-order valence-electron chi connectivity index (χ0n) is 13.6. The molecule has 8 heteroatoms. The van der Waals surface area contributed by atoms with E-state index < -0.39 is 10.8 Å². The average molecular weight is 403 g/mol. The summed E-state index contributed by atoms with van der Waals surface area (Å²) < 4.78 is 0. The lowest BCUT2D eigenvalue weighted by Gasteiger charge is -2.12. The number of hydrogen-bond donors (Lipinski definition) is 2. The van der Waals surface area contributed by atoms with Crippen LogP contribution in [0.5, 0.6) is 5.75 Å². The van der Waals surface area contributed by atoms with Crippen molar-refractivity contribution in [1.29, 1.82) is 0 Å². The van der Waals surface area contributed by atoms with Crippen molar-refractivity contribution in [3.63, 3.8) is 0 Å². The van der Waals surface area contributed by atoms with E-state index in [1.165, 1.54) is 18.2 Å². The lowest BCUT2D eigenvalue weighted by molar-refractivity contribution is -0.384.